The van der Waals surface area contributed by atoms with Gasteiger partial charge in [-0.1, -0.05) is 25.3 Å². The van der Waals surface area contributed by atoms with E-state index < -0.39 is 12.0 Å². The Morgan fingerprint density at radius 1 is 1.27 bits per heavy atom. The third-order valence-corrected chi connectivity index (χ3v) is 6.10. The molecule has 1 atom stereocenters. The minimum atomic E-state index is -0.746. The highest BCUT2D eigenvalue weighted by atomic mass is 32.1. The van der Waals surface area contributed by atoms with Crippen LogP contribution in [-0.4, -0.2) is 56.1 Å². The molecule has 0 radical (unpaired) electrons. The molecule has 2 heterocycles. The minimum absolute atomic E-state index is 0.452. The van der Waals surface area contributed by atoms with Crippen LogP contribution in [-0.2, 0) is 11.2 Å². The highest BCUT2D eigenvalue weighted by molar-refractivity contribution is 7.80. The highest BCUT2D eigenvalue weighted by Crippen LogP contribution is 2.27. The third-order valence-electron chi connectivity index (χ3n) is 5.63. The second-order valence-corrected chi connectivity index (χ2v) is 7.79. The van der Waals surface area contributed by atoms with Gasteiger partial charge in [-0.3, -0.25) is 4.98 Å². The molecule has 26 heavy (non-hydrogen) atoms. The number of carbonyl (C=O) groups is 1. The lowest BCUT2D eigenvalue weighted by Crippen LogP contribution is -2.52. The number of aryl methyl sites for hydroxylation is 1. The Kier molecular flexibility index (Phi) is 6.83. The summed E-state index contributed by atoms with van der Waals surface area (Å²) in [5.41, 5.74) is 1.24. The van der Waals surface area contributed by atoms with Crippen LogP contribution in [0.25, 0.3) is 0 Å². The molecule has 0 spiro atoms. The molecule has 0 aromatic carbocycles. The van der Waals surface area contributed by atoms with Gasteiger partial charge in [-0.05, 0) is 62.4 Å². The zero-order valence-electron chi connectivity index (χ0n) is 15.3. The molecule has 1 aromatic heterocycles. The van der Waals surface area contributed by atoms with Crippen molar-refractivity contribution in [1.29, 1.82) is 0 Å². The predicted octanol–water partition coefficient (Wildman–Crippen LogP) is 3.48. The van der Waals surface area contributed by atoms with E-state index in [-0.39, 0.29) is 0 Å². The largest absolute Gasteiger partial charge is 0.480 e. The summed E-state index contributed by atoms with van der Waals surface area (Å²) in [5, 5.41) is 10.3. The minimum Gasteiger partial charge on any atom is -0.480 e. The average molecular weight is 376 g/mol. The van der Waals surface area contributed by atoms with Crippen LogP contribution in [0.4, 0.5) is 0 Å². The number of nitrogens with zero attached hydrogens (tertiary/aromatic N) is 3. The maximum absolute atomic E-state index is 11.6. The van der Waals surface area contributed by atoms with E-state index in [0.717, 1.165) is 37.5 Å². The molecule has 0 bridgehead atoms. The Morgan fingerprint density at radius 2 is 2.08 bits per heavy atom. The van der Waals surface area contributed by atoms with E-state index in [1.165, 1.54) is 37.7 Å². The standard InChI is InChI=1S/C20H29N3O2S/c24-19(25)18-11-6-14-23(18)20(26)22(17-9-2-1-3-10-17)13-5-8-16-7-4-12-21-15-16/h4,7,12,15,17-18H,1-3,5-6,8-11,13-14H2,(H,24,25). The average Bonchev–Trinajstić information content (AvgIpc) is 3.16. The summed E-state index contributed by atoms with van der Waals surface area (Å²) in [5.74, 6) is -0.746. The van der Waals surface area contributed by atoms with Crippen molar-refractivity contribution < 1.29 is 9.90 Å². The summed E-state index contributed by atoms with van der Waals surface area (Å²) in [4.78, 5) is 20.1. The molecular weight excluding hydrogens is 346 g/mol. The van der Waals surface area contributed by atoms with Crippen molar-refractivity contribution in [3.05, 3.63) is 30.1 Å². The number of carboxylic acid groups (broad SMARTS) is 1. The van der Waals surface area contributed by atoms with Crippen LogP contribution in [0.1, 0.15) is 56.9 Å². The first kappa shape index (κ1) is 19.1. The third kappa shape index (κ3) is 4.72. The van der Waals surface area contributed by atoms with Crippen molar-refractivity contribution in [2.75, 3.05) is 13.1 Å². The number of aromatic nitrogens is 1. The second-order valence-electron chi connectivity index (χ2n) is 7.42. The highest BCUT2D eigenvalue weighted by Gasteiger charge is 2.35. The number of rotatable bonds is 6. The maximum atomic E-state index is 11.6. The Hall–Kier alpha value is -1.69. The Labute approximate surface area is 161 Å². The number of carboxylic acids is 1. The maximum Gasteiger partial charge on any atom is 0.326 e. The molecule has 2 aliphatic rings. The van der Waals surface area contributed by atoms with Gasteiger partial charge >= 0.3 is 5.97 Å². The molecule has 6 heteroatoms. The normalized spacial score (nSPS) is 20.9. The molecule has 0 amide bonds. The topological polar surface area (TPSA) is 56.7 Å². The fourth-order valence-corrected chi connectivity index (χ4v) is 4.70. The van der Waals surface area contributed by atoms with E-state index in [0.29, 0.717) is 12.5 Å². The molecule has 1 unspecified atom stereocenters. The van der Waals surface area contributed by atoms with Crippen LogP contribution in [0, 0.1) is 0 Å². The van der Waals surface area contributed by atoms with E-state index in [4.69, 9.17) is 12.2 Å². The van der Waals surface area contributed by atoms with Gasteiger partial charge < -0.3 is 14.9 Å². The monoisotopic (exact) mass is 375 g/mol. The zero-order valence-corrected chi connectivity index (χ0v) is 16.2. The SMILES string of the molecule is O=C(O)C1CCCN1C(=S)N(CCCc1cccnc1)C1CCCCC1. The number of pyridine rings is 1. The lowest BCUT2D eigenvalue weighted by atomic mass is 9.94. The number of hydrogen-bond acceptors (Lipinski definition) is 3. The van der Waals surface area contributed by atoms with Gasteiger partial charge in [0, 0.05) is 31.5 Å². The summed E-state index contributed by atoms with van der Waals surface area (Å²) < 4.78 is 0. The zero-order chi connectivity index (χ0) is 18.4. The molecule has 1 saturated carbocycles. The van der Waals surface area contributed by atoms with Crippen molar-refractivity contribution in [1.82, 2.24) is 14.8 Å². The van der Waals surface area contributed by atoms with Gasteiger partial charge in [0.1, 0.15) is 6.04 Å². The first-order chi connectivity index (χ1) is 12.7. The van der Waals surface area contributed by atoms with E-state index in [1.54, 1.807) is 6.20 Å². The van der Waals surface area contributed by atoms with Crippen LogP contribution < -0.4 is 0 Å². The van der Waals surface area contributed by atoms with Gasteiger partial charge in [0.15, 0.2) is 5.11 Å². The van der Waals surface area contributed by atoms with Crippen LogP contribution in [0.3, 0.4) is 0 Å². The quantitative estimate of drug-likeness (QED) is 0.768. The second kappa shape index (κ2) is 9.31. The lowest BCUT2D eigenvalue weighted by molar-refractivity contribution is -0.141. The fourth-order valence-electron chi connectivity index (χ4n) is 4.24. The molecular formula is C20H29N3O2S. The lowest BCUT2D eigenvalue weighted by Gasteiger charge is -2.40. The smallest absolute Gasteiger partial charge is 0.326 e. The molecule has 1 saturated heterocycles. The van der Waals surface area contributed by atoms with Gasteiger partial charge in [-0.15, -0.1) is 0 Å². The van der Waals surface area contributed by atoms with Crippen molar-refractivity contribution in [3.63, 3.8) is 0 Å². The van der Waals surface area contributed by atoms with E-state index in [1.807, 2.05) is 17.2 Å². The molecule has 1 aliphatic heterocycles. The molecule has 3 rings (SSSR count). The van der Waals surface area contributed by atoms with E-state index in [9.17, 15) is 9.90 Å². The summed E-state index contributed by atoms with van der Waals surface area (Å²) in [6.45, 7) is 1.66. The fraction of sp³-hybridized carbons (Fsp3) is 0.650. The predicted molar refractivity (Wildman–Crippen MR) is 106 cm³/mol. The van der Waals surface area contributed by atoms with Gasteiger partial charge in [0.2, 0.25) is 0 Å². The number of thiocarbonyl (C=S) groups is 1. The Balaban J connectivity index is 1.66. The number of aliphatic carboxylic acids is 1. The first-order valence-electron chi connectivity index (χ1n) is 9.86. The van der Waals surface area contributed by atoms with Crippen LogP contribution >= 0.6 is 12.2 Å². The van der Waals surface area contributed by atoms with Crippen molar-refractivity contribution in [2.24, 2.45) is 0 Å². The van der Waals surface area contributed by atoms with E-state index >= 15 is 0 Å². The molecule has 1 aromatic rings. The van der Waals surface area contributed by atoms with Crippen molar-refractivity contribution >= 4 is 23.3 Å². The number of hydrogen-bond donors (Lipinski definition) is 1. The van der Waals surface area contributed by atoms with Crippen molar-refractivity contribution in [3.8, 4) is 0 Å². The van der Waals surface area contributed by atoms with Gasteiger partial charge in [-0.2, -0.15) is 0 Å². The van der Waals surface area contributed by atoms with Gasteiger partial charge in [-0.25, -0.2) is 4.79 Å². The Morgan fingerprint density at radius 3 is 2.77 bits per heavy atom. The molecule has 5 nitrogen and oxygen atoms in total. The summed E-state index contributed by atoms with van der Waals surface area (Å²) in [6.07, 6.45) is 13.4. The van der Waals surface area contributed by atoms with Crippen LogP contribution in [0.5, 0.6) is 0 Å². The summed E-state index contributed by atoms with van der Waals surface area (Å²) in [7, 11) is 0. The van der Waals surface area contributed by atoms with E-state index in [2.05, 4.69) is 16.0 Å². The molecule has 2 fully saturated rings. The Bertz CT molecular complexity index is 604. The van der Waals surface area contributed by atoms with Crippen LogP contribution in [0.2, 0.25) is 0 Å². The molecule has 142 valence electrons. The number of likely N-dealkylation sites (tertiary alicyclic amines) is 1. The summed E-state index contributed by atoms with van der Waals surface area (Å²) in [6, 6.07) is 4.09. The van der Waals surface area contributed by atoms with Gasteiger partial charge in [0.25, 0.3) is 0 Å². The molecule has 1 aliphatic carbocycles. The van der Waals surface area contributed by atoms with Gasteiger partial charge in [0.05, 0.1) is 0 Å². The molecule has 1 N–H and O–H groups in total. The summed E-state index contributed by atoms with van der Waals surface area (Å²) >= 11 is 5.82. The van der Waals surface area contributed by atoms with Crippen molar-refractivity contribution in [2.45, 2.75) is 69.9 Å². The van der Waals surface area contributed by atoms with Crippen LogP contribution in [0.15, 0.2) is 24.5 Å². The first-order valence-corrected chi connectivity index (χ1v) is 10.3.